The van der Waals surface area contributed by atoms with Crippen molar-refractivity contribution in [2.75, 3.05) is 20.1 Å². The Balaban J connectivity index is 1.49. The quantitative estimate of drug-likeness (QED) is 0.918. The van der Waals surface area contributed by atoms with E-state index < -0.39 is 0 Å². The number of hydrogen-bond donors (Lipinski definition) is 1. The van der Waals surface area contributed by atoms with Crippen LogP contribution >= 0.6 is 0 Å². The molecule has 1 saturated heterocycles. The van der Waals surface area contributed by atoms with Gasteiger partial charge in [0.2, 0.25) is 5.91 Å². The number of benzene rings is 1. The summed E-state index contributed by atoms with van der Waals surface area (Å²) in [5.41, 5.74) is 2.18. The third-order valence-electron chi connectivity index (χ3n) is 4.69. The van der Waals surface area contributed by atoms with Gasteiger partial charge in [-0.2, -0.15) is 5.10 Å². The van der Waals surface area contributed by atoms with Gasteiger partial charge >= 0.3 is 0 Å². The van der Waals surface area contributed by atoms with E-state index in [0.29, 0.717) is 6.54 Å². The molecule has 0 spiro atoms. The van der Waals surface area contributed by atoms with Crippen molar-refractivity contribution < 1.29 is 4.79 Å². The number of para-hydroxylation sites is 1. The average molecular weight is 326 g/mol. The largest absolute Gasteiger partial charge is 0.354 e. The van der Waals surface area contributed by atoms with Gasteiger partial charge in [0.05, 0.1) is 17.9 Å². The van der Waals surface area contributed by atoms with E-state index >= 15 is 0 Å². The third kappa shape index (κ3) is 4.23. The highest BCUT2D eigenvalue weighted by atomic mass is 16.2. The Hall–Kier alpha value is -2.14. The topological polar surface area (TPSA) is 50.2 Å². The van der Waals surface area contributed by atoms with Gasteiger partial charge < -0.3 is 5.32 Å². The summed E-state index contributed by atoms with van der Waals surface area (Å²) >= 11 is 0. The molecule has 1 aliphatic heterocycles. The van der Waals surface area contributed by atoms with Crippen LogP contribution in [0, 0.1) is 0 Å². The first-order valence-electron chi connectivity index (χ1n) is 8.81. The van der Waals surface area contributed by atoms with Gasteiger partial charge in [-0.1, -0.05) is 31.0 Å². The van der Waals surface area contributed by atoms with Crippen LogP contribution in [0.2, 0.25) is 0 Å². The van der Waals surface area contributed by atoms with Crippen LogP contribution in [-0.4, -0.2) is 46.8 Å². The molecule has 1 N–H and O–H groups in total. The zero-order valence-corrected chi connectivity index (χ0v) is 14.3. The van der Waals surface area contributed by atoms with E-state index in [4.69, 9.17) is 0 Å². The number of rotatable bonds is 5. The van der Waals surface area contributed by atoms with Crippen molar-refractivity contribution in [3.8, 4) is 5.69 Å². The third-order valence-corrected chi connectivity index (χ3v) is 4.69. The first-order valence-corrected chi connectivity index (χ1v) is 8.81. The molecule has 1 aromatic heterocycles. The minimum absolute atomic E-state index is 0.0274. The average Bonchev–Trinajstić information content (AvgIpc) is 2.97. The van der Waals surface area contributed by atoms with Gasteiger partial charge in [-0.25, -0.2) is 4.68 Å². The van der Waals surface area contributed by atoms with E-state index in [-0.39, 0.29) is 11.9 Å². The molecule has 3 rings (SSSR count). The molecule has 1 atom stereocenters. The van der Waals surface area contributed by atoms with Crippen molar-refractivity contribution in [2.24, 2.45) is 0 Å². The lowest BCUT2D eigenvalue weighted by atomic mass is 10.1. The van der Waals surface area contributed by atoms with Crippen molar-refractivity contribution in [2.45, 2.75) is 38.1 Å². The summed E-state index contributed by atoms with van der Waals surface area (Å²) in [6.07, 6.45) is 9.23. The van der Waals surface area contributed by atoms with Crippen molar-refractivity contribution in [3.05, 3.63) is 48.3 Å². The number of likely N-dealkylation sites (N-methyl/N-ethyl adjacent to an activating group) is 1. The lowest BCUT2D eigenvalue weighted by Gasteiger charge is -2.24. The van der Waals surface area contributed by atoms with Crippen LogP contribution in [0.1, 0.15) is 31.2 Å². The summed E-state index contributed by atoms with van der Waals surface area (Å²) in [5.74, 6) is 0.162. The molecular formula is C19H26N4O. The van der Waals surface area contributed by atoms with Crippen molar-refractivity contribution in [3.63, 3.8) is 0 Å². The van der Waals surface area contributed by atoms with Gasteiger partial charge in [0.25, 0.3) is 0 Å². The Morgan fingerprint density at radius 2 is 2.08 bits per heavy atom. The van der Waals surface area contributed by atoms with Crippen LogP contribution in [0.25, 0.3) is 5.69 Å². The van der Waals surface area contributed by atoms with Gasteiger partial charge in [-0.05, 0) is 50.6 Å². The summed E-state index contributed by atoms with van der Waals surface area (Å²) in [6, 6.07) is 10.1. The van der Waals surface area contributed by atoms with Crippen LogP contribution < -0.4 is 5.32 Å². The van der Waals surface area contributed by atoms with Crippen molar-refractivity contribution in [1.29, 1.82) is 0 Å². The number of likely N-dealkylation sites (tertiary alicyclic amines) is 1. The number of aromatic nitrogens is 2. The van der Waals surface area contributed by atoms with Crippen LogP contribution in [-0.2, 0) is 11.2 Å². The molecule has 5 nitrogen and oxygen atoms in total. The highest BCUT2D eigenvalue weighted by Crippen LogP contribution is 2.15. The second-order valence-electron chi connectivity index (χ2n) is 6.52. The SMILES string of the molecule is CN1CCCCC[C@H]1C(=O)NCCc1cnn(-c2ccccc2)c1. The zero-order valence-electron chi connectivity index (χ0n) is 14.3. The minimum atomic E-state index is 0.0274. The summed E-state index contributed by atoms with van der Waals surface area (Å²) in [4.78, 5) is 14.6. The Morgan fingerprint density at radius 1 is 1.25 bits per heavy atom. The molecule has 24 heavy (non-hydrogen) atoms. The molecule has 0 saturated carbocycles. The molecule has 2 heterocycles. The predicted octanol–water partition coefficient (Wildman–Crippen LogP) is 2.41. The normalized spacial score (nSPS) is 19.0. The molecule has 1 amide bonds. The van der Waals surface area contributed by atoms with Crippen LogP contribution in [0.5, 0.6) is 0 Å². The molecule has 1 fully saturated rings. The molecule has 0 bridgehead atoms. The molecule has 5 heteroatoms. The second-order valence-corrected chi connectivity index (χ2v) is 6.52. The maximum absolute atomic E-state index is 12.4. The van der Waals surface area contributed by atoms with E-state index in [1.807, 2.05) is 47.4 Å². The minimum Gasteiger partial charge on any atom is -0.354 e. The van der Waals surface area contributed by atoms with Crippen LogP contribution in [0.15, 0.2) is 42.7 Å². The Labute approximate surface area is 143 Å². The second kappa shape index (κ2) is 8.11. The summed E-state index contributed by atoms with van der Waals surface area (Å²) < 4.78 is 1.87. The molecule has 128 valence electrons. The lowest BCUT2D eigenvalue weighted by Crippen LogP contribution is -2.45. The maximum Gasteiger partial charge on any atom is 0.237 e. The number of carbonyl (C=O) groups excluding carboxylic acids is 1. The molecule has 0 unspecified atom stereocenters. The number of carbonyl (C=O) groups is 1. The number of amides is 1. The monoisotopic (exact) mass is 326 g/mol. The Bertz CT molecular complexity index is 652. The van der Waals surface area contributed by atoms with Crippen LogP contribution in [0.3, 0.4) is 0 Å². The van der Waals surface area contributed by atoms with E-state index in [1.54, 1.807) is 0 Å². The molecule has 1 aromatic carbocycles. The Kier molecular flexibility index (Phi) is 5.64. The summed E-state index contributed by atoms with van der Waals surface area (Å²) in [5, 5.41) is 7.48. The van der Waals surface area contributed by atoms with Crippen molar-refractivity contribution in [1.82, 2.24) is 20.0 Å². The van der Waals surface area contributed by atoms with Gasteiger partial charge in [0.1, 0.15) is 0 Å². The molecule has 0 radical (unpaired) electrons. The fourth-order valence-electron chi connectivity index (χ4n) is 3.24. The number of nitrogens with zero attached hydrogens (tertiary/aromatic N) is 3. The lowest BCUT2D eigenvalue weighted by molar-refractivity contribution is -0.126. The van der Waals surface area contributed by atoms with Crippen LogP contribution in [0.4, 0.5) is 0 Å². The number of hydrogen-bond acceptors (Lipinski definition) is 3. The van der Waals surface area contributed by atoms with E-state index in [2.05, 4.69) is 22.4 Å². The predicted molar refractivity (Wildman–Crippen MR) is 95.2 cm³/mol. The van der Waals surface area contributed by atoms with E-state index in [1.165, 1.54) is 12.8 Å². The molecule has 0 aliphatic carbocycles. The Morgan fingerprint density at radius 3 is 2.92 bits per heavy atom. The number of nitrogens with one attached hydrogen (secondary N) is 1. The first kappa shape index (κ1) is 16.7. The summed E-state index contributed by atoms with van der Waals surface area (Å²) in [6.45, 7) is 1.67. The van der Waals surface area contributed by atoms with E-state index in [9.17, 15) is 4.79 Å². The van der Waals surface area contributed by atoms with E-state index in [0.717, 1.165) is 37.1 Å². The highest BCUT2D eigenvalue weighted by Gasteiger charge is 2.24. The maximum atomic E-state index is 12.4. The summed E-state index contributed by atoms with van der Waals surface area (Å²) in [7, 11) is 2.06. The highest BCUT2D eigenvalue weighted by molar-refractivity contribution is 5.81. The molecule has 2 aromatic rings. The zero-order chi connectivity index (χ0) is 16.8. The fourth-order valence-corrected chi connectivity index (χ4v) is 3.24. The standard InChI is InChI=1S/C19H26N4O/c1-22-13-7-3-6-10-18(22)19(24)20-12-11-16-14-21-23(15-16)17-8-4-2-5-9-17/h2,4-5,8-9,14-15,18H,3,6-7,10-13H2,1H3,(H,20,24)/t18-/m0/s1. The van der Waals surface area contributed by atoms with Gasteiger partial charge in [0, 0.05) is 12.7 Å². The van der Waals surface area contributed by atoms with Gasteiger partial charge in [-0.15, -0.1) is 0 Å². The fraction of sp³-hybridized carbons (Fsp3) is 0.474. The molecular weight excluding hydrogens is 300 g/mol. The van der Waals surface area contributed by atoms with Gasteiger partial charge in [0.15, 0.2) is 0 Å². The van der Waals surface area contributed by atoms with Crippen molar-refractivity contribution >= 4 is 5.91 Å². The smallest absolute Gasteiger partial charge is 0.237 e. The first-order chi connectivity index (χ1) is 11.7. The molecule has 1 aliphatic rings. The van der Waals surface area contributed by atoms with Gasteiger partial charge in [-0.3, -0.25) is 9.69 Å².